The molecule has 1 saturated heterocycles. The highest BCUT2D eigenvalue weighted by Crippen LogP contribution is 2.38. The Bertz CT molecular complexity index is 1140. The van der Waals surface area contributed by atoms with E-state index in [1.54, 1.807) is 0 Å². The summed E-state index contributed by atoms with van der Waals surface area (Å²) >= 11 is 5.85. The zero-order chi connectivity index (χ0) is 26.1. The molecule has 2 aliphatic rings. The van der Waals surface area contributed by atoms with Crippen molar-refractivity contribution in [1.29, 1.82) is 0 Å². The van der Waals surface area contributed by atoms with Crippen LogP contribution in [0.1, 0.15) is 64.4 Å². The van der Waals surface area contributed by atoms with E-state index in [-0.39, 0.29) is 29.4 Å². The first-order valence-corrected chi connectivity index (χ1v) is 12.4. The zero-order valence-electron chi connectivity index (χ0n) is 20.2. The number of nitrogens with one attached hydrogen (secondary N) is 1. The van der Waals surface area contributed by atoms with Crippen LogP contribution in [0.4, 0.5) is 13.2 Å². The van der Waals surface area contributed by atoms with Gasteiger partial charge in [0.05, 0.1) is 39.7 Å². The number of hydrogen-bond acceptors (Lipinski definition) is 5. The molecule has 7 nitrogen and oxygen atoms in total. The molecule has 1 N–H and O–H groups in total. The molecular weight excluding hydrogens is 499 g/mol. The summed E-state index contributed by atoms with van der Waals surface area (Å²) in [4.78, 5) is 25.5. The number of halogens is 4. The lowest BCUT2D eigenvalue weighted by atomic mass is 9.76. The number of aromatic nitrogens is 2. The molecule has 1 aromatic carbocycles. The van der Waals surface area contributed by atoms with Crippen molar-refractivity contribution in [1.82, 2.24) is 15.1 Å². The molecule has 36 heavy (non-hydrogen) atoms. The van der Waals surface area contributed by atoms with Crippen LogP contribution in [-0.2, 0) is 35.0 Å². The first-order chi connectivity index (χ1) is 17.0. The van der Waals surface area contributed by atoms with Gasteiger partial charge in [-0.3, -0.25) is 9.48 Å². The van der Waals surface area contributed by atoms with Crippen LogP contribution in [0, 0.1) is 11.3 Å². The Morgan fingerprint density at radius 1 is 1.33 bits per heavy atom. The van der Waals surface area contributed by atoms with Crippen molar-refractivity contribution in [3.05, 3.63) is 51.3 Å². The van der Waals surface area contributed by atoms with Crippen LogP contribution in [0.2, 0.25) is 5.02 Å². The molecule has 3 heterocycles. The Kier molecular flexibility index (Phi) is 7.66. The van der Waals surface area contributed by atoms with Crippen molar-refractivity contribution in [2.75, 3.05) is 26.4 Å². The molecule has 0 aliphatic carbocycles. The third-order valence-corrected chi connectivity index (χ3v) is 7.33. The van der Waals surface area contributed by atoms with Crippen LogP contribution < -0.4 is 5.32 Å². The number of carbonyl (C=O) groups excluding carboxylic acids is 2. The molecule has 4 rings (SSSR count). The molecule has 1 amide bonds. The second-order valence-electron chi connectivity index (χ2n) is 9.64. The maximum absolute atomic E-state index is 13.1. The van der Waals surface area contributed by atoms with Gasteiger partial charge >= 0.3 is 12.1 Å². The minimum Gasteiger partial charge on any atom is -0.462 e. The molecule has 1 spiro atoms. The fraction of sp³-hybridized carbons (Fsp3) is 0.560. The van der Waals surface area contributed by atoms with E-state index in [0.29, 0.717) is 50.4 Å². The Hall–Kier alpha value is -2.59. The summed E-state index contributed by atoms with van der Waals surface area (Å²) in [5, 5.41) is 7.09. The number of benzene rings is 1. The highest BCUT2D eigenvalue weighted by atomic mass is 35.5. The third kappa shape index (κ3) is 5.39. The van der Waals surface area contributed by atoms with Gasteiger partial charge in [-0.1, -0.05) is 31.5 Å². The summed E-state index contributed by atoms with van der Waals surface area (Å²) in [6, 6.07) is 3.15. The second kappa shape index (κ2) is 10.4. The zero-order valence-corrected chi connectivity index (χ0v) is 21.0. The summed E-state index contributed by atoms with van der Waals surface area (Å²) in [6.45, 7) is 5.99. The fourth-order valence-corrected chi connectivity index (χ4v) is 5.19. The Balaban J connectivity index is 1.50. The number of ether oxygens (including phenoxy) is 2. The van der Waals surface area contributed by atoms with Crippen LogP contribution in [0.5, 0.6) is 0 Å². The summed E-state index contributed by atoms with van der Waals surface area (Å²) in [7, 11) is 0. The van der Waals surface area contributed by atoms with Gasteiger partial charge in [-0.2, -0.15) is 18.3 Å². The third-order valence-electron chi connectivity index (χ3n) is 6.92. The van der Waals surface area contributed by atoms with Crippen LogP contribution in [0.15, 0.2) is 18.2 Å². The smallest absolute Gasteiger partial charge is 0.417 e. The van der Waals surface area contributed by atoms with Gasteiger partial charge in [0.25, 0.3) is 5.91 Å². The molecule has 0 bridgehead atoms. The van der Waals surface area contributed by atoms with Gasteiger partial charge in [0.1, 0.15) is 0 Å². The van der Waals surface area contributed by atoms with E-state index in [1.165, 1.54) is 6.07 Å². The molecule has 196 valence electrons. The number of aryl methyl sites for hydroxylation is 1. The number of alkyl halides is 3. The molecule has 0 radical (unpaired) electrons. The van der Waals surface area contributed by atoms with Crippen LogP contribution >= 0.6 is 11.6 Å². The maximum Gasteiger partial charge on any atom is 0.417 e. The van der Waals surface area contributed by atoms with E-state index in [2.05, 4.69) is 5.32 Å². The van der Waals surface area contributed by atoms with E-state index in [9.17, 15) is 22.8 Å². The van der Waals surface area contributed by atoms with E-state index in [0.717, 1.165) is 30.7 Å². The average Bonchev–Trinajstić information content (AvgIpc) is 3.10. The molecule has 11 heteroatoms. The first-order valence-electron chi connectivity index (χ1n) is 12.0. The summed E-state index contributed by atoms with van der Waals surface area (Å²) in [6.07, 6.45) is -1.72. The molecule has 2 aliphatic heterocycles. The van der Waals surface area contributed by atoms with Crippen molar-refractivity contribution < 1.29 is 32.2 Å². The minimum absolute atomic E-state index is 0.0489. The fourth-order valence-electron chi connectivity index (χ4n) is 4.88. The van der Waals surface area contributed by atoms with Gasteiger partial charge in [-0.05, 0) is 43.2 Å². The lowest BCUT2D eigenvalue weighted by Crippen LogP contribution is -2.41. The number of fused-ring (bicyclic) bond motifs is 1. The molecule has 0 unspecified atom stereocenters. The van der Waals surface area contributed by atoms with E-state index < -0.39 is 22.7 Å². The highest BCUT2D eigenvalue weighted by molar-refractivity contribution is 6.34. The van der Waals surface area contributed by atoms with Crippen molar-refractivity contribution >= 4 is 23.5 Å². The van der Waals surface area contributed by atoms with Gasteiger partial charge in [-0.15, -0.1) is 0 Å². The Labute approximate surface area is 212 Å². The van der Waals surface area contributed by atoms with Crippen molar-refractivity contribution in [2.45, 2.75) is 52.3 Å². The highest BCUT2D eigenvalue weighted by Gasteiger charge is 2.40. The summed E-state index contributed by atoms with van der Waals surface area (Å²) in [5.74, 6) is -1.27. The van der Waals surface area contributed by atoms with Gasteiger partial charge in [0.15, 0.2) is 0 Å². The van der Waals surface area contributed by atoms with Crippen molar-refractivity contribution in [3.8, 4) is 0 Å². The Morgan fingerprint density at radius 3 is 2.72 bits per heavy atom. The van der Waals surface area contributed by atoms with E-state index in [4.69, 9.17) is 26.2 Å². The monoisotopic (exact) mass is 527 g/mol. The van der Waals surface area contributed by atoms with Gasteiger partial charge in [0, 0.05) is 32.2 Å². The number of amides is 1. The molecule has 1 aromatic heterocycles. The van der Waals surface area contributed by atoms with E-state index in [1.807, 2.05) is 18.5 Å². The van der Waals surface area contributed by atoms with Gasteiger partial charge < -0.3 is 14.8 Å². The number of esters is 1. The molecule has 0 saturated carbocycles. The Morgan fingerprint density at radius 2 is 2.06 bits per heavy atom. The SMILES string of the molecule is CCc1nn(C[C@@H](C)COC(=O)c2cccc(C(F)(F)F)c2Cl)c2c1C(=O)NCC1(CCOCC1)C2. The van der Waals surface area contributed by atoms with Gasteiger partial charge in [0.2, 0.25) is 0 Å². The lowest BCUT2D eigenvalue weighted by molar-refractivity contribution is -0.137. The predicted octanol–water partition coefficient (Wildman–Crippen LogP) is 4.69. The first kappa shape index (κ1) is 26.5. The van der Waals surface area contributed by atoms with Crippen molar-refractivity contribution in [2.24, 2.45) is 11.3 Å². The predicted molar refractivity (Wildman–Crippen MR) is 126 cm³/mol. The summed E-state index contributed by atoms with van der Waals surface area (Å²) < 4.78 is 52.1. The van der Waals surface area contributed by atoms with Crippen LogP contribution in [-0.4, -0.2) is 48.0 Å². The standard InChI is InChI=1S/C25H29ClF3N3O4/c1-3-18-20-19(11-24(14-30-22(20)33)7-9-35-10-8-24)32(31-18)12-15(2)13-36-23(34)16-5-4-6-17(21(16)26)25(27,28)29/h4-6,15H,3,7-14H2,1-2H3,(H,30,33)/t15-/m1/s1. The maximum atomic E-state index is 13.1. The second-order valence-corrected chi connectivity index (χ2v) is 10.0. The topological polar surface area (TPSA) is 82.5 Å². The van der Waals surface area contributed by atoms with Gasteiger partial charge in [-0.25, -0.2) is 4.79 Å². The average molecular weight is 528 g/mol. The number of hydrogen-bond donors (Lipinski definition) is 1. The summed E-state index contributed by atoms with van der Waals surface area (Å²) in [5.41, 5.74) is 0.671. The largest absolute Gasteiger partial charge is 0.462 e. The molecule has 1 fully saturated rings. The number of rotatable bonds is 6. The normalized spacial score (nSPS) is 18.3. The number of nitrogens with zero attached hydrogens (tertiary/aromatic N) is 2. The number of carbonyl (C=O) groups is 2. The molecular formula is C25H29ClF3N3O4. The van der Waals surface area contributed by atoms with E-state index >= 15 is 0 Å². The van der Waals surface area contributed by atoms with Crippen LogP contribution in [0.25, 0.3) is 0 Å². The molecule has 2 aromatic rings. The minimum atomic E-state index is -4.68. The van der Waals surface area contributed by atoms with Crippen LogP contribution in [0.3, 0.4) is 0 Å². The lowest BCUT2D eigenvalue weighted by Gasteiger charge is -2.36. The molecule has 1 atom stereocenters. The quantitative estimate of drug-likeness (QED) is 0.551. The van der Waals surface area contributed by atoms with Crippen molar-refractivity contribution in [3.63, 3.8) is 0 Å².